The number of carbonyl (C=O) groups excluding carboxylic acids is 2. The number of fused-ring (bicyclic) bond motifs is 2. The van der Waals surface area contributed by atoms with Crippen LogP contribution in [0.4, 0.5) is 5.69 Å². The van der Waals surface area contributed by atoms with Crippen molar-refractivity contribution in [1.82, 2.24) is 0 Å². The van der Waals surface area contributed by atoms with Gasteiger partial charge in [0, 0.05) is 17.1 Å². The number of benzene rings is 1. The number of hydrogen-bond acceptors (Lipinski definition) is 4. The Balaban J connectivity index is 1.46. The number of para-hydroxylation sites is 1. The van der Waals surface area contributed by atoms with Crippen LogP contribution in [0, 0.1) is 0 Å². The van der Waals surface area contributed by atoms with E-state index in [-0.39, 0.29) is 11.9 Å². The van der Waals surface area contributed by atoms with Crippen LogP contribution < -0.4 is 4.90 Å². The van der Waals surface area contributed by atoms with E-state index >= 15 is 0 Å². The Hall–Kier alpha value is -2.14. The molecule has 0 spiro atoms. The molecule has 136 valence electrons. The minimum absolute atomic E-state index is 0.146. The van der Waals surface area contributed by atoms with E-state index in [1.165, 1.54) is 40.2 Å². The van der Waals surface area contributed by atoms with Crippen LogP contribution in [0.1, 0.15) is 51.9 Å². The number of amides is 1. The number of rotatable bonds is 3. The van der Waals surface area contributed by atoms with Gasteiger partial charge in [0.1, 0.15) is 4.88 Å². The summed E-state index contributed by atoms with van der Waals surface area (Å²) in [5.41, 5.74) is 3.40. The number of thiophene rings is 1. The molecular formula is C21H23NO3S. The molecule has 1 aliphatic heterocycles. The molecule has 2 heterocycles. The molecule has 0 N–H and O–H groups in total. The van der Waals surface area contributed by atoms with Crippen molar-refractivity contribution in [2.24, 2.45) is 0 Å². The number of esters is 1. The summed E-state index contributed by atoms with van der Waals surface area (Å²) in [4.78, 5) is 29.1. The molecule has 1 aliphatic carbocycles. The van der Waals surface area contributed by atoms with Crippen molar-refractivity contribution in [2.45, 2.75) is 51.6 Å². The van der Waals surface area contributed by atoms with Crippen molar-refractivity contribution in [1.29, 1.82) is 0 Å². The molecule has 1 aromatic heterocycles. The smallest absolute Gasteiger partial charge is 0.349 e. The van der Waals surface area contributed by atoms with Crippen molar-refractivity contribution in [2.75, 3.05) is 11.4 Å². The third-order valence-electron chi connectivity index (χ3n) is 5.21. The van der Waals surface area contributed by atoms with Crippen molar-refractivity contribution in [3.8, 4) is 0 Å². The van der Waals surface area contributed by atoms with Gasteiger partial charge >= 0.3 is 5.97 Å². The highest BCUT2D eigenvalue weighted by atomic mass is 32.1. The number of carbonyl (C=O) groups is 2. The predicted molar refractivity (Wildman–Crippen MR) is 103 cm³/mol. The lowest BCUT2D eigenvalue weighted by Crippen LogP contribution is -2.42. The SMILES string of the molecule is CC(OC(=O)c1cc2c(s1)CCCC2)C(=O)N1CCCc2ccccc21. The monoisotopic (exact) mass is 369 g/mol. The Bertz CT molecular complexity index is 818. The van der Waals surface area contributed by atoms with Crippen molar-refractivity contribution in [3.05, 3.63) is 51.2 Å². The van der Waals surface area contributed by atoms with E-state index in [1.54, 1.807) is 11.8 Å². The molecule has 4 nitrogen and oxygen atoms in total. The average Bonchev–Trinajstić information content (AvgIpc) is 3.11. The third kappa shape index (κ3) is 3.28. The van der Waals surface area contributed by atoms with Gasteiger partial charge in [-0.25, -0.2) is 4.79 Å². The van der Waals surface area contributed by atoms with E-state index in [2.05, 4.69) is 6.07 Å². The van der Waals surface area contributed by atoms with E-state index in [9.17, 15) is 9.59 Å². The molecule has 0 radical (unpaired) electrons. The second-order valence-corrected chi connectivity index (χ2v) is 8.17. The summed E-state index contributed by atoms with van der Waals surface area (Å²) >= 11 is 1.52. The van der Waals surface area contributed by atoms with Gasteiger partial charge in [0.05, 0.1) is 0 Å². The Morgan fingerprint density at radius 1 is 1.08 bits per heavy atom. The van der Waals surface area contributed by atoms with Gasteiger partial charge in [-0.05, 0) is 68.7 Å². The normalized spacial score (nSPS) is 17.2. The van der Waals surface area contributed by atoms with Crippen LogP contribution in [0.2, 0.25) is 0 Å². The summed E-state index contributed by atoms with van der Waals surface area (Å²) in [5, 5.41) is 0. The lowest BCUT2D eigenvalue weighted by atomic mass is 9.99. The van der Waals surface area contributed by atoms with Crippen molar-refractivity contribution < 1.29 is 14.3 Å². The molecule has 0 saturated heterocycles. The van der Waals surface area contributed by atoms with E-state index < -0.39 is 6.10 Å². The molecule has 4 rings (SSSR count). The molecule has 1 atom stereocenters. The Morgan fingerprint density at radius 3 is 2.69 bits per heavy atom. The highest BCUT2D eigenvalue weighted by Crippen LogP contribution is 2.31. The minimum atomic E-state index is -0.784. The Labute approximate surface area is 157 Å². The molecule has 26 heavy (non-hydrogen) atoms. The molecule has 1 amide bonds. The molecule has 0 bridgehead atoms. The van der Waals surface area contributed by atoms with Crippen LogP contribution in [0.5, 0.6) is 0 Å². The highest BCUT2D eigenvalue weighted by molar-refractivity contribution is 7.14. The fourth-order valence-electron chi connectivity index (χ4n) is 3.84. The van der Waals surface area contributed by atoms with Crippen LogP contribution in [0.25, 0.3) is 0 Å². The zero-order valence-corrected chi connectivity index (χ0v) is 15.8. The molecule has 0 saturated carbocycles. The maximum atomic E-state index is 12.9. The van der Waals surface area contributed by atoms with Gasteiger partial charge in [0.2, 0.25) is 0 Å². The summed E-state index contributed by atoms with van der Waals surface area (Å²) in [6.45, 7) is 2.34. The summed E-state index contributed by atoms with van der Waals surface area (Å²) in [5.74, 6) is -0.526. The Kier molecular flexibility index (Phi) is 4.81. The topological polar surface area (TPSA) is 46.6 Å². The number of ether oxygens (including phenoxy) is 1. The second kappa shape index (κ2) is 7.23. The van der Waals surface area contributed by atoms with Crippen LogP contribution in [-0.2, 0) is 28.8 Å². The van der Waals surface area contributed by atoms with Crippen molar-refractivity contribution >= 4 is 28.9 Å². The fourth-order valence-corrected chi connectivity index (χ4v) is 4.98. The van der Waals surface area contributed by atoms with E-state index in [4.69, 9.17) is 4.74 Å². The van der Waals surface area contributed by atoms with E-state index in [1.807, 2.05) is 24.3 Å². The summed E-state index contributed by atoms with van der Waals surface area (Å²) in [7, 11) is 0. The van der Waals surface area contributed by atoms with Gasteiger partial charge in [-0.15, -0.1) is 11.3 Å². The maximum Gasteiger partial charge on any atom is 0.349 e. The van der Waals surface area contributed by atoms with E-state index in [0.29, 0.717) is 11.4 Å². The molecule has 1 aromatic carbocycles. The molecule has 2 aromatic rings. The van der Waals surface area contributed by atoms with Crippen LogP contribution in [-0.4, -0.2) is 24.5 Å². The fraction of sp³-hybridized carbons (Fsp3) is 0.429. The number of anilines is 1. The van der Waals surface area contributed by atoms with Gasteiger partial charge in [0.25, 0.3) is 5.91 Å². The molecular weight excluding hydrogens is 346 g/mol. The highest BCUT2D eigenvalue weighted by Gasteiger charge is 2.29. The van der Waals surface area contributed by atoms with Gasteiger partial charge in [-0.1, -0.05) is 18.2 Å². The first-order valence-corrected chi connectivity index (χ1v) is 10.2. The molecule has 0 fully saturated rings. The van der Waals surface area contributed by atoms with Gasteiger partial charge in [-0.3, -0.25) is 4.79 Å². The number of hydrogen-bond donors (Lipinski definition) is 0. The average molecular weight is 369 g/mol. The first kappa shape index (κ1) is 17.3. The van der Waals surface area contributed by atoms with E-state index in [0.717, 1.165) is 31.4 Å². The lowest BCUT2D eigenvalue weighted by Gasteiger charge is -2.31. The first-order valence-electron chi connectivity index (χ1n) is 9.35. The zero-order chi connectivity index (χ0) is 18.1. The first-order chi connectivity index (χ1) is 12.6. The van der Waals surface area contributed by atoms with Gasteiger partial charge < -0.3 is 9.64 Å². The number of aryl methyl sites for hydroxylation is 3. The van der Waals surface area contributed by atoms with Crippen molar-refractivity contribution in [3.63, 3.8) is 0 Å². The van der Waals surface area contributed by atoms with Crippen LogP contribution >= 0.6 is 11.3 Å². The van der Waals surface area contributed by atoms with Gasteiger partial charge in [-0.2, -0.15) is 0 Å². The molecule has 1 unspecified atom stereocenters. The maximum absolute atomic E-state index is 12.9. The van der Waals surface area contributed by atoms with Crippen LogP contribution in [0.15, 0.2) is 30.3 Å². The zero-order valence-electron chi connectivity index (χ0n) is 15.0. The third-order valence-corrected chi connectivity index (χ3v) is 6.42. The largest absolute Gasteiger partial charge is 0.448 e. The summed E-state index contributed by atoms with van der Waals surface area (Å²) < 4.78 is 5.52. The Morgan fingerprint density at radius 2 is 1.85 bits per heavy atom. The minimum Gasteiger partial charge on any atom is -0.448 e. The summed E-state index contributed by atoms with van der Waals surface area (Å²) in [6.07, 6.45) is 5.58. The summed E-state index contributed by atoms with van der Waals surface area (Å²) in [6, 6.07) is 9.91. The molecule has 5 heteroatoms. The lowest BCUT2D eigenvalue weighted by molar-refractivity contribution is -0.126. The standard InChI is InChI=1S/C21H23NO3S/c1-14(20(23)22-12-6-9-15-7-2-4-10-17(15)22)25-21(24)19-13-16-8-3-5-11-18(16)26-19/h2,4,7,10,13-14H,3,5-6,8-9,11-12H2,1H3. The molecule has 2 aliphatic rings. The number of nitrogens with zero attached hydrogens (tertiary/aromatic N) is 1. The van der Waals surface area contributed by atoms with Gasteiger partial charge in [0.15, 0.2) is 6.10 Å². The van der Waals surface area contributed by atoms with Crippen LogP contribution in [0.3, 0.4) is 0 Å². The second-order valence-electron chi connectivity index (χ2n) is 7.04. The predicted octanol–water partition coefficient (Wildman–Crippen LogP) is 4.15. The quantitative estimate of drug-likeness (QED) is 0.764.